The number of nitrogens with one attached hydrogen (secondary N) is 2. The molecule has 116 valence electrons. The Morgan fingerprint density at radius 1 is 1.23 bits per heavy atom. The fourth-order valence-electron chi connectivity index (χ4n) is 2.08. The SMILES string of the molecule is COc1ccc(NC(=O)c2c(C)nc(C)[nH]c2=O)c(OC)c1. The fraction of sp³-hybridized carbons (Fsp3) is 0.267. The van der Waals surface area contributed by atoms with E-state index in [1.807, 2.05) is 0 Å². The molecule has 7 nitrogen and oxygen atoms in total. The number of carbonyl (C=O) groups excluding carboxylic acids is 1. The molecule has 1 aromatic heterocycles. The van der Waals surface area contributed by atoms with Gasteiger partial charge in [-0.05, 0) is 26.0 Å². The number of ether oxygens (including phenoxy) is 2. The molecule has 1 heterocycles. The third-order valence-electron chi connectivity index (χ3n) is 3.10. The highest BCUT2D eigenvalue weighted by molar-refractivity contribution is 6.05. The highest BCUT2D eigenvalue weighted by atomic mass is 16.5. The fourth-order valence-corrected chi connectivity index (χ4v) is 2.08. The largest absolute Gasteiger partial charge is 0.497 e. The van der Waals surface area contributed by atoms with Crippen LogP contribution in [-0.4, -0.2) is 30.1 Å². The summed E-state index contributed by atoms with van der Waals surface area (Å²) in [6.07, 6.45) is 0. The van der Waals surface area contributed by atoms with Gasteiger partial charge in [0.2, 0.25) is 0 Å². The second-order valence-electron chi connectivity index (χ2n) is 4.63. The monoisotopic (exact) mass is 303 g/mol. The van der Waals surface area contributed by atoms with E-state index in [0.717, 1.165) is 0 Å². The second-order valence-corrected chi connectivity index (χ2v) is 4.63. The first-order chi connectivity index (χ1) is 10.5. The summed E-state index contributed by atoms with van der Waals surface area (Å²) < 4.78 is 10.3. The van der Waals surface area contributed by atoms with E-state index in [4.69, 9.17) is 9.47 Å². The Morgan fingerprint density at radius 3 is 2.55 bits per heavy atom. The lowest BCUT2D eigenvalue weighted by Crippen LogP contribution is -2.26. The summed E-state index contributed by atoms with van der Waals surface area (Å²) in [5.74, 6) is 0.943. The maximum atomic E-state index is 12.3. The van der Waals surface area contributed by atoms with Crippen molar-refractivity contribution in [2.45, 2.75) is 13.8 Å². The predicted molar refractivity (Wildman–Crippen MR) is 81.8 cm³/mol. The number of hydrogen-bond donors (Lipinski definition) is 2. The average Bonchev–Trinajstić information content (AvgIpc) is 2.46. The minimum Gasteiger partial charge on any atom is -0.497 e. The number of aryl methyl sites for hydroxylation is 2. The Labute approximate surface area is 127 Å². The van der Waals surface area contributed by atoms with E-state index in [2.05, 4.69) is 15.3 Å². The molecule has 0 atom stereocenters. The maximum absolute atomic E-state index is 12.3. The second kappa shape index (κ2) is 6.30. The Morgan fingerprint density at radius 2 is 1.95 bits per heavy atom. The maximum Gasteiger partial charge on any atom is 0.264 e. The number of hydrogen-bond acceptors (Lipinski definition) is 5. The van der Waals surface area contributed by atoms with Crippen molar-refractivity contribution < 1.29 is 14.3 Å². The lowest BCUT2D eigenvalue weighted by molar-refractivity contribution is 0.102. The van der Waals surface area contributed by atoms with Gasteiger partial charge in [-0.25, -0.2) is 4.98 Å². The Kier molecular flexibility index (Phi) is 4.45. The molecule has 0 aliphatic heterocycles. The van der Waals surface area contributed by atoms with E-state index in [1.54, 1.807) is 32.0 Å². The van der Waals surface area contributed by atoms with Crippen LogP contribution in [0.5, 0.6) is 11.5 Å². The van der Waals surface area contributed by atoms with Crippen molar-refractivity contribution in [3.05, 3.63) is 45.6 Å². The zero-order chi connectivity index (χ0) is 16.3. The molecule has 2 aromatic rings. The number of methoxy groups -OCH3 is 2. The number of H-pyrrole nitrogens is 1. The molecule has 0 saturated carbocycles. The van der Waals surface area contributed by atoms with Crippen LogP contribution in [0.1, 0.15) is 21.9 Å². The van der Waals surface area contributed by atoms with Crippen molar-refractivity contribution in [3.63, 3.8) is 0 Å². The zero-order valence-electron chi connectivity index (χ0n) is 12.8. The van der Waals surface area contributed by atoms with Crippen molar-refractivity contribution in [2.75, 3.05) is 19.5 Å². The van der Waals surface area contributed by atoms with Gasteiger partial charge in [-0.3, -0.25) is 9.59 Å². The molecule has 7 heteroatoms. The minimum absolute atomic E-state index is 0.0246. The molecule has 0 unspecified atom stereocenters. The Balaban J connectivity index is 2.36. The minimum atomic E-state index is -0.547. The predicted octanol–water partition coefficient (Wildman–Crippen LogP) is 1.66. The van der Waals surface area contributed by atoms with Crippen LogP contribution in [0.15, 0.2) is 23.0 Å². The number of rotatable bonds is 4. The molecular formula is C15H17N3O4. The summed E-state index contributed by atoms with van der Waals surface area (Å²) in [5, 5.41) is 2.65. The average molecular weight is 303 g/mol. The van der Waals surface area contributed by atoms with Crippen LogP contribution in [0.2, 0.25) is 0 Å². The summed E-state index contributed by atoms with van der Waals surface area (Å²) in [4.78, 5) is 30.9. The van der Waals surface area contributed by atoms with E-state index in [0.29, 0.717) is 28.7 Å². The van der Waals surface area contributed by atoms with Gasteiger partial charge in [0.1, 0.15) is 22.9 Å². The highest BCUT2D eigenvalue weighted by Gasteiger charge is 2.17. The third kappa shape index (κ3) is 3.08. The van der Waals surface area contributed by atoms with Crippen LogP contribution in [-0.2, 0) is 0 Å². The number of benzene rings is 1. The summed E-state index contributed by atoms with van der Waals surface area (Å²) in [6.45, 7) is 3.27. The molecule has 0 bridgehead atoms. The van der Waals surface area contributed by atoms with E-state index < -0.39 is 11.5 Å². The number of amides is 1. The van der Waals surface area contributed by atoms with Crippen molar-refractivity contribution in [1.82, 2.24) is 9.97 Å². The number of anilines is 1. The molecule has 22 heavy (non-hydrogen) atoms. The lowest BCUT2D eigenvalue weighted by Gasteiger charge is -2.12. The Hall–Kier alpha value is -2.83. The zero-order valence-corrected chi connectivity index (χ0v) is 12.8. The molecule has 0 spiro atoms. The van der Waals surface area contributed by atoms with Gasteiger partial charge < -0.3 is 19.8 Å². The van der Waals surface area contributed by atoms with Crippen LogP contribution in [0.4, 0.5) is 5.69 Å². The molecule has 0 radical (unpaired) electrons. The van der Waals surface area contributed by atoms with Crippen LogP contribution < -0.4 is 20.3 Å². The van der Waals surface area contributed by atoms with E-state index in [1.165, 1.54) is 14.2 Å². The molecule has 0 aliphatic rings. The van der Waals surface area contributed by atoms with Crippen molar-refractivity contribution >= 4 is 11.6 Å². The normalized spacial score (nSPS) is 10.2. The smallest absolute Gasteiger partial charge is 0.264 e. The molecule has 2 rings (SSSR count). The first kappa shape index (κ1) is 15.6. The van der Waals surface area contributed by atoms with Gasteiger partial charge in [-0.15, -0.1) is 0 Å². The first-order valence-electron chi connectivity index (χ1n) is 6.57. The van der Waals surface area contributed by atoms with Crippen molar-refractivity contribution in [1.29, 1.82) is 0 Å². The quantitative estimate of drug-likeness (QED) is 0.896. The molecule has 0 aliphatic carbocycles. The molecular weight excluding hydrogens is 286 g/mol. The van der Waals surface area contributed by atoms with Gasteiger partial charge >= 0.3 is 0 Å². The van der Waals surface area contributed by atoms with Crippen molar-refractivity contribution in [2.24, 2.45) is 0 Å². The summed E-state index contributed by atoms with van der Waals surface area (Å²) in [7, 11) is 3.02. The van der Waals surface area contributed by atoms with Crippen molar-refractivity contribution in [3.8, 4) is 11.5 Å². The Bertz CT molecular complexity index is 768. The topological polar surface area (TPSA) is 93.3 Å². The molecule has 0 fully saturated rings. The summed E-state index contributed by atoms with van der Waals surface area (Å²) in [5.41, 5.74) is 0.303. The van der Waals surface area contributed by atoms with Gasteiger partial charge in [0.25, 0.3) is 11.5 Å². The number of aromatic amines is 1. The van der Waals surface area contributed by atoms with E-state index in [9.17, 15) is 9.59 Å². The van der Waals surface area contributed by atoms with Crippen LogP contribution in [0.3, 0.4) is 0 Å². The van der Waals surface area contributed by atoms with Crippen LogP contribution >= 0.6 is 0 Å². The lowest BCUT2D eigenvalue weighted by atomic mass is 10.2. The summed E-state index contributed by atoms with van der Waals surface area (Å²) in [6, 6.07) is 4.96. The molecule has 2 N–H and O–H groups in total. The standard InChI is InChI=1S/C15H17N3O4/c1-8-13(14(19)17-9(2)16-8)15(20)18-11-6-5-10(21-3)7-12(11)22-4/h5-7H,1-4H3,(H,18,20)(H,16,17,19). The number of aromatic nitrogens is 2. The van der Waals surface area contributed by atoms with E-state index in [-0.39, 0.29) is 5.56 Å². The van der Waals surface area contributed by atoms with Crippen LogP contribution in [0, 0.1) is 13.8 Å². The van der Waals surface area contributed by atoms with Crippen LogP contribution in [0.25, 0.3) is 0 Å². The summed E-state index contributed by atoms with van der Waals surface area (Å²) >= 11 is 0. The van der Waals surface area contributed by atoms with E-state index >= 15 is 0 Å². The molecule has 1 aromatic carbocycles. The molecule has 0 saturated heterocycles. The van der Waals surface area contributed by atoms with Gasteiger partial charge in [-0.2, -0.15) is 0 Å². The van der Waals surface area contributed by atoms with Gasteiger partial charge in [0.05, 0.1) is 25.6 Å². The number of nitrogens with zero attached hydrogens (tertiary/aromatic N) is 1. The first-order valence-corrected chi connectivity index (χ1v) is 6.57. The van der Waals surface area contributed by atoms with Gasteiger partial charge in [-0.1, -0.05) is 0 Å². The number of carbonyl (C=O) groups is 1. The third-order valence-corrected chi connectivity index (χ3v) is 3.10. The van der Waals surface area contributed by atoms with Gasteiger partial charge in [0, 0.05) is 6.07 Å². The van der Waals surface area contributed by atoms with Gasteiger partial charge in [0.15, 0.2) is 0 Å². The molecule has 1 amide bonds. The highest BCUT2D eigenvalue weighted by Crippen LogP contribution is 2.29.